The summed E-state index contributed by atoms with van der Waals surface area (Å²) in [5, 5.41) is 0. The molecule has 0 spiro atoms. The molecule has 2 rings (SSSR count). The molecule has 2 heterocycles. The second kappa shape index (κ2) is 6.70. The van der Waals surface area contributed by atoms with Crippen molar-refractivity contribution in [1.29, 1.82) is 0 Å². The molecule has 5 heteroatoms. The molecule has 2 N–H and O–H groups in total. The van der Waals surface area contributed by atoms with Gasteiger partial charge in [0.2, 0.25) is 0 Å². The molecule has 1 saturated heterocycles. The Labute approximate surface area is 115 Å². The zero-order valence-electron chi connectivity index (χ0n) is 11.9. The zero-order chi connectivity index (χ0) is 13.7. The lowest BCUT2D eigenvalue weighted by molar-refractivity contribution is 0.128. The molecule has 1 aliphatic heterocycles. The van der Waals surface area contributed by atoms with E-state index in [1.165, 1.54) is 19.3 Å². The van der Waals surface area contributed by atoms with E-state index in [4.69, 9.17) is 10.5 Å². The van der Waals surface area contributed by atoms with Crippen molar-refractivity contribution in [2.45, 2.75) is 39.7 Å². The van der Waals surface area contributed by atoms with Crippen LogP contribution in [-0.4, -0.2) is 29.7 Å². The third-order valence-electron chi connectivity index (χ3n) is 3.52. The monoisotopic (exact) mass is 264 g/mol. The number of anilines is 2. The SMILES string of the molecule is CCCC1CCN(c2cc(N)nc(COCC)n2)C1. The first-order chi connectivity index (χ1) is 9.22. The van der Waals surface area contributed by atoms with Crippen molar-refractivity contribution in [2.75, 3.05) is 30.3 Å². The van der Waals surface area contributed by atoms with Crippen LogP contribution in [0.4, 0.5) is 11.6 Å². The molecule has 1 aliphatic rings. The summed E-state index contributed by atoms with van der Waals surface area (Å²) in [5.74, 6) is 2.94. The number of hydrogen-bond donors (Lipinski definition) is 1. The van der Waals surface area contributed by atoms with E-state index < -0.39 is 0 Å². The first-order valence-electron chi connectivity index (χ1n) is 7.19. The van der Waals surface area contributed by atoms with Crippen molar-refractivity contribution in [1.82, 2.24) is 9.97 Å². The van der Waals surface area contributed by atoms with E-state index in [2.05, 4.69) is 21.8 Å². The molecular formula is C14H24N4O. The maximum absolute atomic E-state index is 5.86. The molecule has 0 bridgehead atoms. The van der Waals surface area contributed by atoms with Gasteiger partial charge in [0.05, 0.1) is 0 Å². The van der Waals surface area contributed by atoms with Gasteiger partial charge in [-0.1, -0.05) is 13.3 Å². The Bertz CT molecular complexity index is 410. The molecular weight excluding hydrogens is 240 g/mol. The second-order valence-electron chi connectivity index (χ2n) is 5.09. The molecule has 106 valence electrons. The Morgan fingerprint density at radius 1 is 1.42 bits per heavy atom. The van der Waals surface area contributed by atoms with E-state index in [-0.39, 0.29) is 0 Å². The third-order valence-corrected chi connectivity index (χ3v) is 3.52. The second-order valence-corrected chi connectivity index (χ2v) is 5.09. The van der Waals surface area contributed by atoms with Gasteiger partial charge in [-0.05, 0) is 25.7 Å². The fourth-order valence-corrected chi connectivity index (χ4v) is 2.61. The lowest BCUT2D eigenvalue weighted by Crippen LogP contribution is -2.22. The molecule has 1 aromatic rings. The summed E-state index contributed by atoms with van der Waals surface area (Å²) in [6.45, 7) is 7.44. The molecule has 1 aromatic heterocycles. The summed E-state index contributed by atoms with van der Waals surface area (Å²) in [7, 11) is 0. The zero-order valence-corrected chi connectivity index (χ0v) is 11.9. The third kappa shape index (κ3) is 3.80. The average Bonchev–Trinajstić information content (AvgIpc) is 2.85. The number of nitrogens with zero attached hydrogens (tertiary/aromatic N) is 3. The average molecular weight is 264 g/mol. The summed E-state index contributed by atoms with van der Waals surface area (Å²) in [6.07, 6.45) is 3.79. The molecule has 0 aromatic carbocycles. The first kappa shape index (κ1) is 14.1. The molecule has 0 saturated carbocycles. The van der Waals surface area contributed by atoms with Gasteiger partial charge in [0, 0.05) is 25.8 Å². The fourth-order valence-electron chi connectivity index (χ4n) is 2.61. The predicted octanol–water partition coefficient (Wildman–Crippen LogP) is 2.22. The van der Waals surface area contributed by atoms with E-state index in [0.717, 1.165) is 24.8 Å². The van der Waals surface area contributed by atoms with Crippen LogP contribution in [0.5, 0.6) is 0 Å². The van der Waals surface area contributed by atoms with Gasteiger partial charge in [-0.2, -0.15) is 0 Å². The number of rotatable bonds is 6. The van der Waals surface area contributed by atoms with Crippen LogP contribution in [0.1, 0.15) is 38.9 Å². The highest BCUT2D eigenvalue weighted by Crippen LogP contribution is 2.26. The highest BCUT2D eigenvalue weighted by molar-refractivity contribution is 5.47. The normalized spacial score (nSPS) is 19.1. The first-order valence-corrected chi connectivity index (χ1v) is 7.19. The molecule has 0 amide bonds. The van der Waals surface area contributed by atoms with Crippen molar-refractivity contribution in [2.24, 2.45) is 5.92 Å². The quantitative estimate of drug-likeness (QED) is 0.853. The Balaban J connectivity index is 2.05. The molecule has 1 unspecified atom stereocenters. The topological polar surface area (TPSA) is 64.3 Å². The van der Waals surface area contributed by atoms with E-state index >= 15 is 0 Å². The smallest absolute Gasteiger partial charge is 0.158 e. The van der Waals surface area contributed by atoms with Gasteiger partial charge < -0.3 is 15.4 Å². The van der Waals surface area contributed by atoms with Gasteiger partial charge in [-0.3, -0.25) is 0 Å². The van der Waals surface area contributed by atoms with Crippen LogP contribution in [0, 0.1) is 5.92 Å². The van der Waals surface area contributed by atoms with E-state index in [0.29, 0.717) is 24.9 Å². The maximum atomic E-state index is 5.86. The fraction of sp³-hybridized carbons (Fsp3) is 0.714. The van der Waals surface area contributed by atoms with Gasteiger partial charge in [-0.15, -0.1) is 0 Å². The summed E-state index contributed by atoms with van der Waals surface area (Å²) in [5.41, 5.74) is 5.86. The number of hydrogen-bond acceptors (Lipinski definition) is 5. The summed E-state index contributed by atoms with van der Waals surface area (Å²) in [6, 6.07) is 1.86. The van der Waals surface area contributed by atoms with E-state index in [9.17, 15) is 0 Å². The minimum absolute atomic E-state index is 0.431. The highest BCUT2D eigenvalue weighted by atomic mass is 16.5. The maximum Gasteiger partial charge on any atom is 0.158 e. The molecule has 5 nitrogen and oxygen atoms in total. The molecule has 0 radical (unpaired) electrons. The van der Waals surface area contributed by atoms with Gasteiger partial charge in [0.25, 0.3) is 0 Å². The standard InChI is InChI=1S/C14H24N4O/c1-3-5-11-6-7-18(9-11)14-8-12(15)16-13(17-14)10-19-4-2/h8,11H,3-7,9-10H2,1-2H3,(H2,15,16,17). The minimum atomic E-state index is 0.431. The summed E-state index contributed by atoms with van der Waals surface area (Å²) < 4.78 is 5.35. The van der Waals surface area contributed by atoms with Crippen molar-refractivity contribution >= 4 is 11.6 Å². The van der Waals surface area contributed by atoms with E-state index in [1.807, 2.05) is 13.0 Å². The van der Waals surface area contributed by atoms with Crippen LogP contribution in [-0.2, 0) is 11.3 Å². The van der Waals surface area contributed by atoms with Crippen molar-refractivity contribution < 1.29 is 4.74 Å². The van der Waals surface area contributed by atoms with Crippen LogP contribution >= 0.6 is 0 Å². The van der Waals surface area contributed by atoms with Crippen LogP contribution in [0.2, 0.25) is 0 Å². The predicted molar refractivity (Wildman–Crippen MR) is 77.0 cm³/mol. The summed E-state index contributed by atoms with van der Waals surface area (Å²) in [4.78, 5) is 11.1. The Morgan fingerprint density at radius 3 is 3.00 bits per heavy atom. The van der Waals surface area contributed by atoms with Crippen LogP contribution in [0.25, 0.3) is 0 Å². The molecule has 19 heavy (non-hydrogen) atoms. The molecule has 0 aliphatic carbocycles. The van der Waals surface area contributed by atoms with Crippen LogP contribution < -0.4 is 10.6 Å². The lowest BCUT2D eigenvalue weighted by atomic mass is 10.0. The van der Waals surface area contributed by atoms with Crippen molar-refractivity contribution in [3.63, 3.8) is 0 Å². The van der Waals surface area contributed by atoms with Crippen LogP contribution in [0.3, 0.4) is 0 Å². The Kier molecular flexibility index (Phi) is 4.96. The molecule has 1 atom stereocenters. The van der Waals surface area contributed by atoms with E-state index in [1.54, 1.807) is 0 Å². The number of nitrogens with two attached hydrogens (primary N) is 1. The summed E-state index contributed by atoms with van der Waals surface area (Å²) >= 11 is 0. The lowest BCUT2D eigenvalue weighted by Gasteiger charge is -2.18. The van der Waals surface area contributed by atoms with Gasteiger partial charge in [0.15, 0.2) is 5.82 Å². The van der Waals surface area contributed by atoms with Gasteiger partial charge >= 0.3 is 0 Å². The van der Waals surface area contributed by atoms with Crippen LogP contribution in [0.15, 0.2) is 6.07 Å². The van der Waals surface area contributed by atoms with Gasteiger partial charge in [0.1, 0.15) is 18.2 Å². The number of ether oxygens (including phenoxy) is 1. The van der Waals surface area contributed by atoms with Gasteiger partial charge in [-0.25, -0.2) is 9.97 Å². The number of aromatic nitrogens is 2. The largest absolute Gasteiger partial charge is 0.384 e. The Hall–Kier alpha value is -1.36. The highest BCUT2D eigenvalue weighted by Gasteiger charge is 2.23. The molecule has 1 fully saturated rings. The van der Waals surface area contributed by atoms with Crippen molar-refractivity contribution in [3.8, 4) is 0 Å². The Morgan fingerprint density at radius 2 is 2.26 bits per heavy atom. The minimum Gasteiger partial charge on any atom is -0.384 e. The van der Waals surface area contributed by atoms with Crippen molar-refractivity contribution in [3.05, 3.63) is 11.9 Å². The number of nitrogen functional groups attached to an aromatic ring is 1.